The van der Waals surface area contributed by atoms with Gasteiger partial charge in [-0.05, 0) is 61.1 Å². The molecule has 0 saturated heterocycles. The van der Waals surface area contributed by atoms with Gasteiger partial charge in [-0.3, -0.25) is 10.1 Å². The second-order valence-electron chi connectivity index (χ2n) is 7.82. The molecule has 6 nitrogen and oxygen atoms in total. The molecule has 1 aromatic heterocycles. The van der Waals surface area contributed by atoms with Gasteiger partial charge in [0, 0.05) is 22.2 Å². The Kier molecular flexibility index (Phi) is 7.80. The number of unbranched alkanes of at least 4 members (excludes halogenated alkanes) is 1. The minimum absolute atomic E-state index is 0.112. The van der Waals surface area contributed by atoms with Gasteiger partial charge in [0.15, 0.2) is 5.11 Å². The number of halogens is 1. The van der Waals surface area contributed by atoms with Gasteiger partial charge < -0.3 is 14.5 Å². The Labute approximate surface area is 212 Å². The molecule has 178 valence electrons. The lowest BCUT2D eigenvalue weighted by Gasteiger charge is -2.12. The smallest absolute Gasteiger partial charge is 0.344 e. The molecule has 0 aliphatic carbocycles. The highest BCUT2D eigenvalue weighted by molar-refractivity contribution is 7.80. The molecule has 35 heavy (non-hydrogen) atoms. The van der Waals surface area contributed by atoms with Gasteiger partial charge in [0.2, 0.25) is 0 Å². The molecule has 0 radical (unpaired) electrons. The summed E-state index contributed by atoms with van der Waals surface area (Å²) in [6.45, 7) is 2.68. The van der Waals surface area contributed by atoms with Gasteiger partial charge in [-0.15, -0.1) is 0 Å². The number of thiocarbonyl (C=S) groups is 1. The summed E-state index contributed by atoms with van der Waals surface area (Å²) in [5, 5.41) is 6.84. The largest absolute Gasteiger partial charge is 0.494 e. The number of para-hydroxylation sites is 1. The number of hydrogen-bond donors (Lipinski definition) is 2. The number of amides is 1. The van der Waals surface area contributed by atoms with Crippen LogP contribution in [-0.2, 0) is 0 Å². The van der Waals surface area contributed by atoms with Crippen molar-refractivity contribution >= 4 is 51.5 Å². The summed E-state index contributed by atoms with van der Waals surface area (Å²) in [6, 6.07) is 21.0. The number of carbonyl (C=O) groups excluding carboxylic acids is 1. The SMILES string of the molecule is CCCCOc1cccc(C(=O)NC(=S)Nc2ccc(-c3cc4ccccc4oc3=O)c(Cl)c2)c1. The zero-order valence-corrected chi connectivity index (χ0v) is 20.5. The molecule has 4 rings (SSSR count). The Morgan fingerprint density at radius 1 is 1.03 bits per heavy atom. The first-order chi connectivity index (χ1) is 16.9. The molecule has 1 heterocycles. The highest BCUT2D eigenvalue weighted by atomic mass is 35.5. The highest BCUT2D eigenvalue weighted by Crippen LogP contribution is 2.30. The first kappa shape index (κ1) is 24.4. The lowest BCUT2D eigenvalue weighted by atomic mass is 10.1. The third kappa shape index (κ3) is 6.07. The predicted molar refractivity (Wildman–Crippen MR) is 143 cm³/mol. The molecule has 1 amide bonds. The average molecular weight is 507 g/mol. The number of benzene rings is 3. The van der Waals surface area contributed by atoms with Crippen LogP contribution in [0.2, 0.25) is 5.02 Å². The summed E-state index contributed by atoms with van der Waals surface area (Å²) >= 11 is 11.8. The number of anilines is 1. The van der Waals surface area contributed by atoms with Crippen LogP contribution in [0.4, 0.5) is 5.69 Å². The molecule has 0 saturated carbocycles. The van der Waals surface area contributed by atoms with Gasteiger partial charge in [0.1, 0.15) is 11.3 Å². The van der Waals surface area contributed by atoms with Crippen LogP contribution >= 0.6 is 23.8 Å². The fourth-order valence-corrected chi connectivity index (χ4v) is 3.95. The van der Waals surface area contributed by atoms with Crippen molar-refractivity contribution < 1.29 is 13.9 Å². The Morgan fingerprint density at radius 2 is 1.86 bits per heavy atom. The van der Waals surface area contributed by atoms with E-state index in [-0.39, 0.29) is 11.0 Å². The average Bonchev–Trinajstić information content (AvgIpc) is 2.84. The van der Waals surface area contributed by atoms with E-state index in [0.717, 1.165) is 18.2 Å². The molecule has 0 aliphatic heterocycles. The molecule has 0 unspecified atom stereocenters. The van der Waals surface area contributed by atoms with Crippen molar-refractivity contribution in [2.45, 2.75) is 19.8 Å². The highest BCUT2D eigenvalue weighted by Gasteiger charge is 2.13. The van der Waals surface area contributed by atoms with Gasteiger partial charge in [0.25, 0.3) is 5.91 Å². The Bertz CT molecular complexity index is 1450. The van der Waals surface area contributed by atoms with Crippen LogP contribution < -0.4 is 21.0 Å². The molecular formula is C27H23ClN2O4S. The van der Waals surface area contributed by atoms with Crippen molar-refractivity contribution in [2.24, 2.45) is 0 Å². The van der Waals surface area contributed by atoms with E-state index in [4.69, 9.17) is 33.0 Å². The molecule has 4 aromatic rings. The summed E-state index contributed by atoms with van der Waals surface area (Å²) in [6.07, 6.45) is 1.97. The summed E-state index contributed by atoms with van der Waals surface area (Å²) in [5.74, 6) is 0.269. The van der Waals surface area contributed by atoms with E-state index in [1.54, 1.807) is 54.6 Å². The van der Waals surface area contributed by atoms with E-state index >= 15 is 0 Å². The minimum Gasteiger partial charge on any atom is -0.494 e. The van der Waals surface area contributed by atoms with Crippen LogP contribution in [-0.4, -0.2) is 17.6 Å². The van der Waals surface area contributed by atoms with E-state index in [9.17, 15) is 9.59 Å². The number of rotatable bonds is 7. The standard InChI is InChI=1S/C27H23ClN2O4S/c1-2-3-13-33-20-9-6-8-18(14-20)25(31)30-27(35)29-19-11-12-21(23(28)16-19)22-15-17-7-4-5-10-24(17)34-26(22)32/h4-12,14-16H,2-3,13H2,1H3,(H2,29,30,31,35). The van der Waals surface area contributed by atoms with Crippen LogP contribution in [0.3, 0.4) is 0 Å². The maximum atomic E-state index is 12.6. The second-order valence-corrected chi connectivity index (χ2v) is 8.63. The monoisotopic (exact) mass is 506 g/mol. The second kappa shape index (κ2) is 11.2. The van der Waals surface area contributed by atoms with Crippen molar-refractivity contribution in [1.29, 1.82) is 0 Å². The molecule has 0 spiro atoms. The van der Waals surface area contributed by atoms with Crippen molar-refractivity contribution in [1.82, 2.24) is 5.32 Å². The fraction of sp³-hybridized carbons (Fsp3) is 0.148. The molecule has 8 heteroatoms. The van der Waals surface area contributed by atoms with Crippen molar-refractivity contribution in [2.75, 3.05) is 11.9 Å². The van der Waals surface area contributed by atoms with E-state index in [0.29, 0.717) is 45.3 Å². The third-order valence-electron chi connectivity index (χ3n) is 5.25. The normalized spacial score (nSPS) is 10.7. The zero-order valence-electron chi connectivity index (χ0n) is 19.0. The molecule has 0 atom stereocenters. The molecule has 0 aliphatic rings. The number of carbonyl (C=O) groups is 1. The van der Waals surface area contributed by atoms with Crippen LogP contribution in [0.1, 0.15) is 30.1 Å². The van der Waals surface area contributed by atoms with Crippen LogP contribution in [0, 0.1) is 0 Å². The van der Waals surface area contributed by atoms with Gasteiger partial charge in [-0.25, -0.2) is 4.79 Å². The number of ether oxygens (including phenoxy) is 1. The lowest BCUT2D eigenvalue weighted by molar-refractivity contribution is 0.0977. The Balaban J connectivity index is 1.44. The Hall–Kier alpha value is -3.68. The van der Waals surface area contributed by atoms with E-state index in [2.05, 4.69) is 17.6 Å². The molecular weight excluding hydrogens is 484 g/mol. The van der Waals surface area contributed by atoms with E-state index in [1.807, 2.05) is 18.2 Å². The summed E-state index contributed by atoms with van der Waals surface area (Å²) in [4.78, 5) is 25.1. The first-order valence-corrected chi connectivity index (χ1v) is 11.9. The van der Waals surface area contributed by atoms with Crippen LogP contribution in [0.15, 0.2) is 82.0 Å². The number of nitrogens with one attached hydrogen (secondary N) is 2. The molecule has 2 N–H and O–H groups in total. The summed E-state index contributed by atoms with van der Waals surface area (Å²) in [7, 11) is 0. The number of hydrogen-bond acceptors (Lipinski definition) is 5. The van der Waals surface area contributed by atoms with Crippen LogP contribution in [0.5, 0.6) is 5.75 Å². The molecule has 0 bridgehead atoms. The third-order valence-corrected chi connectivity index (χ3v) is 5.77. The fourth-order valence-electron chi connectivity index (χ4n) is 3.46. The van der Waals surface area contributed by atoms with Crippen molar-refractivity contribution in [3.8, 4) is 16.9 Å². The van der Waals surface area contributed by atoms with Gasteiger partial charge >= 0.3 is 5.63 Å². The quantitative estimate of drug-likeness (QED) is 0.171. The van der Waals surface area contributed by atoms with Gasteiger partial charge in [-0.1, -0.05) is 55.3 Å². The molecule has 0 fully saturated rings. The minimum atomic E-state index is -0.477. The van der Waals surface area contributed by atoms with Crippen molar-refractivity contribution in [3.05, 3.63) is 93.8 Å². The number of fused-ring (bicyclic) bond motifs is 1. The summed E-state index contributed by atoms with van der Waals surface area (Å²) in [5.41, 5.74) is 1.92. The van der Waals surface area contributed by atoms with Gasteiger partial charge in [-0.2, -0.15) is 0 Å². The van der Waals surface area contributed by atoms with Crippen molar-refractivity contribution in [3.63, 3.8) is 0 Å². The topological polar surface area (TPSA) is 80.6 Å². The predicted octanol–water partition coefficient (Wildman–Crippen LogP) is 6.42. The maximum absolute atomic E-state index is 12.6. The maximum Gasteiger partial charge on any atom is 0.344 e. The summed E-state index contributed by atoms with van der Waals surface area (Å²) < 4.78 is 11.1. The first-order valence-electron chi connectivity index (χ1n) is 11.1. The lowest BCUT2D eigenvalue weighted by Crippen LogP contribution is -2.34. The van der Waals surface area contributed by atoms with Gasteiger partial charge in [0.05, 0.1) is 17.2 Å². The Morgan fingerprint density at radius 3 is 2.66 bits per heavy atom. The van der Waals surface area contributed by atoms with Crippen LogP contribution in [0.25, 0.3) is 22.1 Å². The van der Waals surface area contributed by atoms with E-state index < -0.39 is 5.63 Å². The zero-order chi connectivity index (χ0) is 24.8. The van der Waals surface area contributed by atoms with E-state index in [1.165, 1.54) is 0 Å². The molecule has 3 aromatic carbocycles.